The number of ether oxygens (including phenoxy) is 4. The highest BCUT2D eigenvalue weighted by atomic mass is 16.7. The molecule has 0 radical (unpaired) electrons. The van der Waals surface area contributed by atoms with Crippen LogP contribution >= 0.6 is 0 Å². The first-order chi connectivity index (χ1) is 17.8. The second-order valence-electron chi connectivity index (χ2n) is 8.99. The van der Waals surface area contributed by atoms with Gasteiger partial charge in [0.2, 0.25) is 17.4 Å². The Hall–Kier alpha value is -3.99. The number of carbonyl (C=O) groups is 2. The molecule has 2 aromatic rings. The molecule has 3 heterocycles. The van der Waals surface area contributed by atoms with Gasteiger partial charge >= 0.3 is 0 Å². The molecule has 0 saturated heterocycles. The fourth-order valence-electron chi connectivity index (χ4n) is 5.39. The second-order valence-corrected chi connectivity index (χ2v) is 8.99. The van der Waals surface area contributed by atoms with Gasteiger partial charge in [0.05, 0.1) is 34.5 Å². The van der Waals surface area contributed by atoms with Crippen LogP contribution in [0.25, 0.3) is 5.57 Å². The Bertz CT molecular complexity index is 1330. The van der Waals surface area contributed by atoms with E-state index in [1.54, 1.807) is 38.3 Å². The lowest BCUT2D eigenvalue weighted by atomic mass is 9.85. The quantitative estimate of drug-likeness (QED) is 0.619. The van der Waals surface area contributed by atoms with Crippen LogP contribution in [0, 0.1) is 6.92 Å². The number of aromatic nitrogens is 1. The molecule has 1 aromatic carbocycles. The molecule has 1 aromatic heterocycles. The van der Waals surface area contributed by atoms with Gasteiger partial charge in [0, 0.05) is 18.6 Å². The number of nitrogens with zero attached hydrogens (tertiary/aromatic N) is 2. The monoisotopic (exact) mass is 511 g/mol. The Kier molecular flexibility index (Phi) is 6.32. The third kappa shape index (κ3) is 3.90. The van der Waals surface area contributed by atoms with Crippen LogP contribution in [-0.2, 0) is 25.6 Å². The zero-order valence-corrected chi connectivity index (χ0v) is 21.5. The van der Waals surface area contributed by atoms with Gasteiger partial charge in [0.1, 0.15) is 11.8 Å². The van der Waals surface area contributed by atoms with Gasteiger partial charge in [0.25, 0.3) is 0 Å². The van der Waals surface area contributed by atoms with Gasteiger partial charge in [-0.15, -0.1) is 0 Å². The lowest BCUT2D eigenvalue weighted by Gasteiger charge is -2.40. The number of Topliss-reactive ketones (excluding diaryl/α,β-unsaturated/α-hetero) is 1. The molecule has 37 heavy (non-hydrogen) atoms. The third-order valence-electron chi connectivity index (χ3n) is 6.85. The zero-order chi connectivity index (χ0) is 26.4. The number of fused-ring (bicyclic) bond motifs is 3. The van der Waals surface area contributed by atoms with E-state index in [1.807, 2.05) is 6.07 Å². The summed E-state index contributed by atoms with van der Waals surface area (Å²) in [5, 5.41) is 8.71. The summed E-state index contributed by atoms with van der Waals surface area (Å²) in [4.78, 5) is 32.3. The average molecular weight is 512 g/mol. The molecule has 3 atom stereocenters. The predicted molar refractivity (Wildman–Crippen MR) is 131 cm³/mol. The van der Waals surface area contributed by atoms with Crippen LogP contribution in [0.5, 0.6) is 17.2 Å². The van der Waals surface area contributed by atoms with Crippen molar-refractivity contribution >= 4 is 23.1 Å². The highest BCUT2D eigenvalue weighted by Gasteiger charge is 2.50. The van der Waals surface area contributed by atoms with Crippen LogP contribution in [0.2, 0.25) is 0 Å². The molecule has 196 valence electrons. The Morgan fingerprint density at radius 3 is 2.46 bits per heavy atom. The van der Waals surface area contributed by atoms with Gasteiger partial charge in [-0.25, -0.2) is 5.06 Å². The fraction of sp³-hybridized carbons (Fsp3) is 0.423. The molecule has 0 fully saturated rings. The van der Waals surface area contributed by atoms with Crippen molar-refractivity contribution in [3.63, 3.8) is 0 Å². The number of hydroxylamine groups is 1. The van der Waals surface area contributed by atoms with E-state index in [0.717, 1.165) is 16.7 Å². The normalized spacial score (nSPS) is 22.4. The van der Waals surface area contributed by atoms with Gasteiger partial charge in [-0.05, 0) is 48.6 Å². The number of benzene rings is 1. The third-order valence-corrected chi connectivity index (χ3v) is 6.85. The van der Waals surface area contributed by atoms with Crippen LogP contribution in [0.1, 0.15) is 30.2 Å². The molecule has 2 aliphatic carbocycles. The largest absolute Gasteiger partial charge is 0.493 e. The zero-order valence-electron chi connectivity index (χ0n) is 21.5. The second kappa shape index (κ2) is 9.47. The maximum absolute atomic E-state index is 13.7. The summed E-state index contributed by atoms with van der Waals surface area (Å²) in [6.45, 7) is 3.22. The van der Waals surface area contributed by atoms with Crippen molar-refractivity contribution in [3.05, 3.63) is 46.4 Å². The van der Waals surface area contributed by atoms with Crippen molar-refractivity contribution in [2.24, 2.45) is 0 Å². The van der Waals surface area contributed by atoms with Gasteiger partial charge in [-0.1, -0.05) is 5.16 Å². The number of ketones is 1. The van der Waals surface area contributed by atoms with E-state index < -0.39 is 18.2 Å². The summed E-state index contributed by atoms with van der Waals surface area (Å²) in [6, 6.07) is 2.48. The number of carbonyl (C=O) groups excluding carboxylic acids is 2. The summed E-state index contributed by atoms with van der Waals surface area (Å²) in [5.74, 6) is 1.92. The van der Waals surface area contributed by atoms with Crippen molar-refractivity contribution < 1.29 is 37.9 Å². The first kappa shape index (κ1) is 24.7. The topological polar surface area (TPSA) is 122 Å². The van der Waals surface area contributed by atoms with Crippen LogP contribution in [0.4, 0.5) is 5.82 Å². The number of anilines is 1. The standard InChI is InChI=1S/C26H29N3O8/c1-12-9-19(28-36-12)29-16-11-17(32-3)23(31)25(37-29)21-15(27-13(2)30)8-7-14-10-18(33-4)24(34-5)26(35-6)20(14)22(16)21/h9-11,15-16,25H,7-8H2,1-6H3,(H,27,30)/t15-,16-,25+/m0/s1. The Morgan fingerprint density at radius 2 is 1.86 bits per heavy atom. The van der Waals surface area contributed by atoms with Crippen molar-refractivity contribution in [1.29, 1.82) is 0 Å². The minimum atomic E-state index is -1.09. The summed E-state index contributed by atoms with van der Waals surface area (Å²) in [6.07, 6.45) is 1.71. The van der Waals surface area contributed by atoms with Crippen LogP contribution in [0.3, 0.4) is 0 Å². The van der Waals surface area contributed by atoms with Crippen molar-refractivity contribution in [1.82, 2.24) is 10.5 Å². The highest BCUT2D eigenvalue weighted by molar-refractivity contribution is 6.05. The Balaban J connectivity index is 1.86. The summed E-state index contributed by atoms with van der Waals surface area (Å²) in [7, 11) is 6.10. The lowest BCUT2D eigenvalue weighted by molar-refractivity contribution is -0.129. The number of amides is 1. The maximum Gasteiger partial charge on any atom is 0.232 e. The van der Waals surface area contributed by atoms with Gasteiger partial charge in [-0.2, -0.15) is 0 Å². The SMILES string of the molecule is COC1=C[C@H]2C3=C([C@@H](ON2c2cc(C)on2)C1=O)[C@@H](NC(C)=O)CCc1cc(OC)c(OC)c(OC)c13. The molecule has 2 bridgehead atoms. The molecule has 6 rings (SSSR count). The predicted octanol–water partition coefficient (Wildman–Crippen LogP) is 2.52. The number of aryl methyl sites for hydroxylation is 2. The molecule has 2 aliphatic heterocycles. The molecular formula is C26H29N3O8. The number of hydrogen-bond acceptors (Lipinski definition) is 10. The average Bonchev–Trinajstić information content (AvgIpc) is 3.13. The van der Waals surface area contributed by atoms with E-state index in [1.165, 1.54) is 21.1 Å². The van der Waals surface area contributed by atoms with E-state index in [9.17, 15) is 9.59 Å². The fourth-order valence-corrected chi connectivity index (χ4v) is 5.39. The molecule has 11 heteroatoms. The minimum Gasteiger partial charge on any atom is -0.493 e. The smallest absolute Gasteiger partial charge is 0.232 e. The first-order valence-corrected chi connectivity index (χ1v) is 11.9. The number of nitrogens with one attached hydrogen (secondary N) is 1. The lowest BCUT2D eigenvalue weighted by Crippen LogP contribution is -2.50. The molecule has 1 N–H and O–H groups in total. The van der Waals surface area contributed by atoms with Crippen molar-refractivity contribution in [2.75, 3.05) is 33.5 Å². The van der Waals surface area contributed by atoms with Crippen molar-refractivity contribution in [2.45, 2.75) is 44.9 Å². The number of rotatable bonds is 6. The molecule has 4 aliphatic rings. The Morgan fingerprint density at radius 1 is 1.11 bits per heavy atom. The van der Waals surface area contributed by atoms with Gasteiger partial charge < -0.3 is 28.8 Å². The van der Waals surface area contributed by atoms with E-state index >= 15 is 0 Å². The van der Waals surface area contributed by atoms with E-state index in [4.69, 9.17) is 28.3 Å². The van der Waals surface area contributed by atoms with Crippen LogP contribution in [-0.4, -0.2) is 63.5 Å². The molecule has 0 saturated carbocycles. The van der Waals surface area contributed by atoms with Gasteiger partial charge in [0.15, 0.2) is 29.2 Å². The minimum absolute atomic E-state index is 0.147. The van der Waals surface area contributed by atoms with E-state index in [0.29, 0.717) is 47.2 Å². The Labute approximate surface area is 213 Å². The highest BCUT2D eigenvalue weighted by Crippen LogP contribution is 2.52. The van der Waals surface area contributed by atoms with Crippen molar-refractivity contribution in [3.8, 4) is 17.2 Å². The maximum atomic E-state index is 13.7. The summed E-state index contributed by atoms with van der Waals surface area (Å²) >= 11 is 0. The molecule has 0 unspecified atom stereocenters. The van der Waals surface area contributed by atoms with Crippen LogP contribution < -0.4 is 24.6 Å². The molecule has 0 spiro atoms. The van der Waals surface area contributed by atoms with E-state index in [2.05, 4.69) is 10.5 Å². The summed E-state index contributed by atoms with van der Waals surface area (Å²) in [5.41, 5.74) is 3.03. The molecule has 11 nitrogen and oxygen atoms in total. The molecular weight excluding hydrogens is 482 g/mol. The summed E-state index contributed by atoms with van der Waals surface area (Å²) < 4.78 is 28.1. The first-order valence-electron chi connectivity index (χ1n) is 11.9. The van der Waals surface area contributed by atoms with Gasteiger partial charge in [-0.3, -0.25) is 14.4 Å². The number of methoxy groups -OCH3 is 4. The number of hydrogen-bond donors (Lipinski definition) is 1. The van der Waals surface area contributed by atoms with Crippen LogP contribution in [0.15, 0.2) is 34.1 Å². The molecule has 1 amide bonds. The van der Waals surface area contributed by atoms with E-state index in [-0.39, 0.29) is 17.4 Å².